The molecule has 8 N–H and O–H groups in total. The quantitative estimate of drug-likeness (QED) is 0.0559. The summed E-state index contributed by atoms with van der Waals surface area (Å²) in [5.41, 5.74) is 11.7. The molecule has 314 valence electrons. The second kappa shape index (κ2) is 23.0. The molecule has 0 heterocycles. The van der Waals surface area contributed by atoms with Crippen molar-refractivity contribution < 1.29 is 57.2 Å². The third-order valence-corrected chi connectivity index (χ3v) is 8.74. The van der Waals surface area contributed by atoms with Gasteiger partial charge in [0.1, 0.15) is 34.5 Å². The van der Waals surface area contributed by atoms with Gasteiger partial charge in [0.15, 0.2) is 11.6 Å². The Morgan fingerprint density at radius 3 is 0.897 bits per heavy atom. The van der Waals surface area contributed by atoms with Crippen molar-refractivity contribution in [2.24, 2.45) is 11.5 Å². The maximum absolute atomic E-state index is 13.4. The number of ketones is 2. The molecule has 0 fully saturated rings. The zero-order valence-electron chi connectivity index (χ0n) is 33.6. The molecule has 0 aromatic heterocycles. The van der Waals surface area contributed by atoms with Crippen molar-refractivity contribution >= 4 is 35.2 Å². The van der Waals surface area contributed by atoms with Crippen molar-refractivity contribution in [2.75, 3.05) is 81.9 Å². The Morgan fingerprint density at radius 2 is 0.638 bits per heavy atom. The van der Waals surface area contributed by atoms with Crippen LogP contribution in [0.1, 0.15) is 87.8 Å². The minimum atomic E-state index is -0.537. The van der Waals surface area contributed by atoms with Crippen molar-refractivity contribution in [1.29, 1.82) is 0 Å². The number of carbonyl (C=O) groups excluding carboxylic acids is 6. The van der Waals surface area contributed by atoms with Gasteiger partial charge in [-0.25, -0.2) is 0 Å². The first-order chi connectivity index (χ1) is 27.9. The van der Waals surface area contributed by atoms with Gasteiger partial charge in [0.2, 0.25) is 0 Å². The van der Waals surface area contributed by atoms with Crippen LogP contribution in [0, 0.1) is 0 Å². The van der Waals surface area contributed by atoms with Crippen molar-refractivity contribution in [2.45, 2.75) is 25.7 Å². The summed E-state index contributed by atoms with van der Waals surface area (Å²) < 4.78 is 32.2. The molecule has 0 bridgehead atoms. The summed E-state index contributed by atoms with van der Waals surface area (Å²) in [5, 5.41) is 10.8. The van der Waals surface area contributed by atoms with Gasteiger partial charge >= 0.3 is 0 Å². The van der Waals surface area contributed by atoms with Crippen LogP contribution in [0.2, 0.25) is 0 Å². The van der Waals surface area contributed by atoms with E-state index in [9.17, 15) is 28.8 Å². The lowest BCUT2D eigenvalue weighted by atomic mass is 9.98. The Balaban J connectivity index is 1.66. The minimum absolute atomic E-state index is 0.0136. The molecule has 0 spiro atoms. The highest BCUT2D eigenvalue weighted by Crippen LogP contribution is 2.33. The van der Waals surface area contributed by atoms with Crippen LogP contribution in [0.3, 0.4) is 0 Å². The molecule has 18 heteroatoms. The van der Waals surface area contributed by atoms with Crippen LogP contribution in [0.15, 0.2) is 36.4 Å². The number of ether oxygens (including phenoxy) is 6. The van der Waals surface area contributed by atoms with E-state index in [4.69, 9.17) is 39.9 Å². The summed E-state index contributed by atoms with van der Waals surface area (Å²) in [6.45, 7) is 1.08. The molecule has 0 aliphatic rings. The number of benzene rings is 3. The maximum Gasteiger partial charge on any atom is 0.255 e. The summed E-state index contributed by atoms with van der Waals surface area (Å²) in [5.74, 6) is -1.55. The van der Waals surface area contributed by atoms with E-state index in [0.717, 1.165) is 0 Å². The zero-order valence-corrected chi connectivity index (χ0v) is 33.6. The molecule has 18 nitrogen and oxygen atoms in total. The summed E-state index contributed by atoms with van der Waals surface area (Å²) in [6.07, 6.45) is 0.425. The van der Waals surface area contributed by atoms with Gasteiger partial charge in [-0.1, -0.05) is 0 Å². The topological polar surface area (TPSA) is 258 Å². The highest BCUT2D eigenvalue weighted by atomic mass is 16.5. The Morgan fingerprint density at radius 1 is 0.397 bits per heavy atom. The van der Waals surface area contributed by atoms with Crippen LogP contribution in [0.25, 0.3) is 0 Å². The Bertz CT molecular complexity index is 1830. The lowest BCUT2D eigenvalue weighted by Gasteiger charge is -2.15. The van der Waals surface area contributed by atoms with Gasteiger partial charge in [-0.2, -0.15) is 0 Å². The van der Waals surface area contributed by atoms with E-state index in [-0.39, 0.29) is 144 Å². The number of hydrogen-bond acceptors (Lipinski definition) is 14. The minimum Gasteiger partial charge on any atom is -0.496 e. The standard InChI is InChI=1S/C40H52N6O12/c1-53-31-20-32(54-2)24(30(48)10-8-14-44-38(50)26-19-28(40(52)46-16-12-42)36(58-6)22-34(26)56-4)17-23(31)29(47)9-7-13-43-37(49)25-18-27(39(51)45-15-11-41)35(57-5)21-33(25)55-3/h17-22H,7-16,41-42H2,1-6H3,(H,43,49)(H,44,50)(H,45,51)(H,46,52). The van der Waals surface area contributed by atoms with Gasteiger partial charge < -0.3 is 61.2 Å². The van der Waals surface area contributed by atoms with E-state index in [0.29, 0.717) is 0 Å². The fourth-order valence-corrected chi connectivity index (χ4v) is 5.77. The SMILES string of the molecule is COc1cc(OC)c(C(=O)CCCNC(=O)c2cc(C(=O)NCCN)c(OC)cc2OC)cc1C(=O)CCCNC(=O)c1cc(C(=O)NCCN)c(OC)cc1OC. The number of nitrogens with two attached hydrogens (primary N) is 2. The molecule has 3 aromatic carbocycles. The van der Waals surface area contributed by atoms with Crippen LogP contribution < -0.4 is 61.2 Å². The number of nitrogens with one attached hydrogen (secondary N) is 4. The Labute approximate surface area is 336 Å². The predicted molar refractivity (Wildman–Crippen MR) is 213 cm³/mol. The number of Topliss-reactive ketones (excluding diaryl/α,β-unsaturated/α-hetero) is 2. The van der Waals surface area contributed by atoms with Crippen LogP contribution in [-0.4, -0.2) is 117 Å². The molecule has 0 saturated carbocycles. The summed E-state index contributed by atoms with van der Waals surface area (Å²) in [6, 6.07) is 8.46. The smallest absolute Gasteiger partial charge is 0.255 e. The lowest BCUT2D eigenvalue weighted by Crippen LogP contribution is -2.30. The van der Waals surface area contributed by atoms with Gasteiger partial charge in [-0.3, -0.25) is 28.8 Å². The third kappa shape index (κ3) is 11.8. The molecule has 4 amide bonds. The van der Waals surface area contributed by atoms with Crippen molar-refractivity contribution in [1.82, 2.24) is 21.3 Å². The summed E-state index contributed by atoms with van der Waals surface area (Å²) in [7, 11) is 8.30. The van der Waals surface area contributed by atoms with E-state index < -0.39 is 23.6 Å². The van der Waals surface area contributed by atoms with E-state index in [2.05, 4.69) is 21.3 Å². The zero-order chi connectivity index (χ0) is 42.8. The lowest BCUT2D eigenvalue weighted by molar-refractivity contribution is 0.0930. The summed E-state index contributed by atoms with van der Waals surface area (Å²) >= 11 is 0. The first kappa shape index (κ1) is 46.0. The fraction of sp³-hybridized carbons (Fsp3) is 0.400. The fourth-order valence-electron chi connectivity index (χ4n) is 5.77. The van der Waals surface area contributed by atoms with Crippen LogP contribution >= 0.6 is 0 Å². The second-order valence-corrected chi connectivity index (χ2v) is 12.4. The second-order valence-electron chi connectivity index (χ2n) is 12.4. The van der Waals surface area contributed by atoms with Gasteiger partial charge in [-0.05, 0) is 31.0 Å². The Hall–Kier alpha value is -6.40. The summed E-state index contributed by atoms with van der Waals surface area (Å²) in [4.78, 5) is 78.6. The predicted octanol–water partition coefficient (Wildman–Crippen LogP) is 1.90. The molecule has 0 radical (unpaired) electrons. The molecule has 3 aromatic rings. The van der Waals surface area contributed by atoms with Gasteiger partial charge in [0.05, 0.1) is 76.0 Å². The molecule has 0 atom stereocenters. The van der Waals surface area contributed by atoms with Crippen molar-refractivity contribution in [3.05, 3.63) is 69.8 Å². The van der Waals surface area contributed by atoms with Gasteiger partial charge in [-0.15, -0.1) is 0 Å². The molecular formula is C40H52N6O12. The van der Waals surface area contributed by atoms with Gasteiger partial charge in [0, 0.05) is 70.3 Å². The highest BCUT2D eigenvalue weighted by Gasteiger charge is 2.24. The average Bonchev–Trinajstić information content (AvgIpc) is 3.25. The molecule has 0 saturated heterocycles. The van der Waals surface area contributed by atoms with Crippen LogP contribution in [-0.2, 0) is 0 Å². The Kier molecular flexibility index (Phi) is 18.2. The molecule has 0 unspecified atom stereocenters. The molecule has 0 aliphatic carbocycles. The largest absolute Gasteiger partial charge is 0.496 e. The molecule has 3 rings (SSSR count). The third-order valence-electron chi connectivity index (χ3n) is 8.74. The van der Waals surface area contributed by atoms with E-state index >= 15 is 0 Å². The van der Waals surface area contributed by atoms with E-state index in [1.807, 2.05) is 0 Å². The van der Waals surface area contributed by atoms with Crippen molar-refractivity contribution in [3.8, 4) is 34.5 Å². The monoisotopic (exact) mass is 808 g/mol. The van der Waals surface area contributed by atoms with Crippen LogP contribution in [0.4, 0.5) is 0 Å². The molecule has 0 aliphatic heterocycles. The van der Waals surface area contributed by atoms with Crippen LogP contribution in [0.5, 0.6) is 34.5 Å². The number of methoxy groups -OCH3 is 6. The average molecular weight is 809 g/mol. The number of carbonyl (C=O) groups is 6. The van der Waals surface area contributed by atoms with Crippen molar-refractivity contribution in [3.63, 3.8) is 0 Å². The number of amides is 4. The van der Waals surface area contributed by atoms with E-state index in [1.54, 1.807) is 0 Å². The molecular weight excluding hydrogens is 756 g/mol. The number of hydrogen-bond donors (Lipinski definition) is 6. The van der Waals surface area contributed by atoms with Gasteiger partial charge in [0.25, 0.3) is 23.6 Å². The highest BCUT2D eigenvalue weighted by molar-refractivity contribution is 6.06. The first-order valence-corrected chi connectivity index (χ1v) is 18.3. The normalized spacial score (nSPS) is 10.5. The van der Waals surface area contributed by atoms with E-state index in [1.165, 1.54) is 79.1 Å². The first-order valence-electron chi connectivity index (χ1n) is 18.3. The molecule has 58 heavy (non-hydrogen) atoms. The number of rotatable bonds is 24. The maximum atomic E-state index is 13.4.